The first kappa shape index (κ1) is 33.8. The van der Waals surface area contributed by atoms with Gasteiger partial charge in [-0.2, -0.15) is 0 Å². The first-order valence-electron chi connectivity index (χ1n) is 17.0. The number of hydrogen-bond donors (Lipinski definition) is 1. The maximum Gasteiger partial charge on any atom is 0.246 e. The fourth-order valence-electron chi connectivity index (χ4n) is 6.42. The second kappa shape index (κ2) is 14.6. The van der Waals surface area contributed by atoms with Crippen LogP contribution in [-0.4, -0.2) is 85.6 Å². The van der Waals surface area contributed by atoms with Crippen LogP contribution in [0.4, 0.5) is 22.9 Å². The number of rotatable bonds is 11. The average molecular weight is 662 g/mol. The zero-order valence-corrected chi connectivity index (χ0v) is 29.4. The van der Waals surface area contributed by atoms with Crippen LogP contribution in [0.5, 0.6) is 17.2 Å². The molecular weight excluding hydrogens is 614 g/mol. The van der Waals surface area contributed by atoms with Gasteiger partial charge in [0.15, 0.2) is 0 Å². The number of carbonyl (C=O) groups is 1. The summed E-state index contributed by atoms with van der Waals surface area (Å²) in [5.74, 6) is 3.54. The summed E-state index contributed by atoms with van der Waals surface area (Å²) in [6.45, 7) is 13.7. The largest absolute Gasteiger partial charge is 0.489 e. The van der Waals surface area contributed by atoms with E-state index in [1.807, 2.05) is 79.3 Å². The van der Waals surface area contributed by atoms with Crippen LogP contribution in [0.25, 0.3) is 10.9 Å². The monoisotopic (exact) mass is 661 g/mol. The van der Waals surface area contributed by atoms with E-state index in [-0.39, 0.29) is 11.9 Å². The third-order valence-electron chi connectivity index (χ3n) is 9.44. The van der Waals surface area contributed by atoms with Crippen molar-refractivity contribution < 1.29 is 14.3 Å². The number of anilines is 4. The topological polar surface area (TPSA) is 86.3 Å². The Balaban J connectivity index is 1.20. The maximum atomic E-state index is 12.8. The van der Waals surface area contributed by atoms with Gasteiger partial charge < -0.3 is 34.4 Å². The minimum atomic E-state index is 0.0440. The number of carbonyl (C=O) groups excluding carboxylic acids is 1. The highest BCUT2D eigenvalue weighted by molar-refractivity contribution is 5.95. The van der Waals surface area contributed by atoms with Crippen molar-refractivity contribution in [1.29, 1.82) is 0 Å². The van der Waals surface area contributed by atoms with E-state index in [2.05, 4.69) is 64.9 Å². The Morgan fingerprint density at radius 3 is 2.73 bits per heavy atom. The summed E-state index contributed by atoms with van der Waals surface area (Å²) in [6.07, 6.45) is 8.03. The number of ether oxygens (including phenoxy) is 2. The number of likely N-dealkylation sites (N-methyl/N-ethyl adjacent to an activating group) is 1. The van der Waals surface area contributed by atoms with Crippen molar-refractivity contribution in [1.82, 2.24) is 19.8 Å². The van der Waals surface area contributed by atoms with Crippen LogP contribution in [0.2, 0.25) is 0 Å². The van der Waals surface area contributed by atoms with E-state index in [9.17, 15) is 4.79 Å². The third kappa shape index (κ3) is 7.34. The molecule has 3 heterocycles. The summed E-state index contributed by atoms with van der Waals surface area (Å²) < 4.78 is 12.6. The standard InChI is InChI=1S/C39H47N7O3/c1-8-26(3)31-20-30(13-14-34(31)44(7)9-2)49-36-15-12-28(19-27(36)4)42-39-32-21-35-37(22-33(32)40-25-41-39)48-24-29-23-45(17-18-46(29)35)38(47)11-10-16-43(5)6/h9-15,19-22,25-26,29H,2,8,16-18,23-24H2,1,3-7H3,(H,40,41,42)/b11-10+. The minimum Gasteiger partial charge on any atom is -0.489 e. The number of hydrogen-bond acceptors (Lipinski definition) is 9. The molecule has 3 aromatic carbocycles. The van der Waals surface area contributed by atoms with E-state index in [0.717, 1.165) is 70.3 Å². The molecule has 0 bridgehead atoms. The van der Waals surface area contributed by atoms with Gasteiger partial charge in [-0.1, -0.05) is 26.5 Å². The Labute approximate surface area is 289 Å². The molecule has 6 rings (SSSR count). The van der Waals surface area contributed by atoms with E-state index in [1.54, 1.807) is 12.4 Å². The number of benzene rings is 3. The van der Waals surface area contributed by atoms with Gasteiger partial charge in [0.05, 0.1) is 17.2 Å². The predicted octanol–water partition coefficient (Wildman–Crippen LogP) is 7.09. The van der Waals surface area contributed by atoms with Gasteiger partial charge in [0.25, 0.3) is 0 Å². The predicted molar refractivity (Wildman–Crippen MR) is 199 cm³/mol. The van der Waals surface area contributed by atoms with Crippen molar-refractivity contribution in [3.8, 4) is 17.2 Å². The summed E-state index contributed by atoms with van der Waals surface area (Å²) >= 11 is 0. The Kier molecular flexibility index (Phi) is 10.1. The van der Waals surface area contributed by atoms with Crippen LogP contribution in [-0.2, 0) is 4.79 Å². The van der Waals surface area contributed by atoms with Crippen LogP contribution in [0.1, 0.15) is 37.3 Å². The highest BCUT2D eigenvalue weighted by Gasteiger charge is 2.34. The van der Waals surface area contributed by atoms with Gasteiger partial charge in [-0.3, -0.25) is 4.79 Å². The van der Waals surface area contributed by atoms with Gasteiger partial charge in [0.2, 0.25) is 5.91 Å². The fraction of sp³-hybridized carbons (Fsp3) is 0.359. The molecule has 256 valence electrons. The lowest BCUT2D eigenvalue weighted by molar-refractivity contribution is -0.127. The molecule has 1 fully saturated rings. The van der Waals surface area contributed by atoms with Crippen molar-refractivity contribution in [2.45, 2.75) is 39.2 Å². The summed E-state index contributed by atoms with van der Waals surface area (Å²) in [6, 6.07) is 16.5. The second-order valence-corrected chi connectivity index (χ2v) is 13.2. The van der Waals surface area contributed by atoms with Crippen LogP contribution in [0.15, 0.2) is 79.8 Å². The zero-order chi connectivity index (χ0) is 34.7. The third-order valence-corrected chi connectivity index (χ3v) is 9.44. The Morgan fingerprint density at radius 1 is 1.14 bits per heavy atom. The molecule has 0 saturated carbocycles. The first-order chi connectivity index (χ1) is 23.6. The molecule has 4 aromatic rings. The zero-order valence-electron chi connectivity index (χ0n) is 29.4. The fourth-order valence-corrected chi connectivity index (χ4v) is 6.42. The lowest BCUT2D eigenvalue weighted by Crippen LogP contribution is -2.58. The number of nitrogens with zero attached hydrogens (tertiary/aromatic N) is 6. The summed E-state index contributed by atoms with van der Waals surface area (Å²) in [7, 11) is 5.99. The highest BCUT2D eigenvalue weighted by Crippen LogP contribution is 2.40. The minimum absolute atomic E-state index is 0.0440. The lowest BCUT2D eigenvalue weighted by atomic mass is 9.96. The van der Waals surface area contributed by atoms with Gasteiger partial charge in [-0.15, -0.1) is 0 Å². The molecule has 10 heteroatoms. The second-order valence-electron chi connectivity index (χ2n) is 13.2. The van der Waals surface area contributed by atoms with Crippen LogP contribution in [0.3, 0.4) is 0 Å². The molecule has 0 aliphatic carbocycles. The Morgan fingerprint density at radius 2 is 1.98 bits per heavy atom. The van der Waals surface area contributed by atoms with E-state index in [0.29, 0.717) is 31.4 Å². The molecule has 2 aliphatic heterocycles. The maximum absolute atomic E-state index is 12.8. The van der Waals surface area contributed by atoms with Gasteiger partial charge in [0.1, 0.15) is 36.0 Å². The quantitative estimate of drug-likeness (QED) is 0.169. The van der Waals surface area contributed by atoms with Crippen molar-refractivity contribution >= 4 is 39.7 Å². The van der Waals surface area contributed by atoms with E-state index in [1.165, 1.54) is 5.56 Å². The number of fused-ring (bicyclic) bond motifs is 4. The summed E-state index contributed by atoms with van der Waals surface area (Å²) in [4.78, 5) is 30.4. The van der Waals surface area contributed by atoms with Gasteiger partial charge in [-0.25, -0.2) is 9.97 Å². The normalized spacial score (nSPS) is 16.3. The number of aromatic nitrogens is 2. The molecule has 0 spiro atoms. The molecule has 49 heavy (non-hydrogen) atoms. The molecule has 1 amide bonds. The molecular formula is C39H47N7O3. The molecule has 2 aliphatic rings. The molecule has 1 N–H and O–H groups in total. The lowest BCUT2D eigenvalue weighted by Gasteiger charge is -2.45. The van der Waals surface area contributed by atoms with E-state index >= 15 is 0 Å². The van der Waals surface area contributed by atoms with Gasteiger partial charge in [-0.05, 0) is 93.1 Å². The first-order valence-corrected chi connectivity index (χ1v) is 17.0. The van der Waals surface area contributed by atoms with Gasteiger partial charge >= 0.3 is 0 Å². The smallest absolute Gasteiger partial charge is 0.246 e. The molecule has 2 atom stereocenters. The van der Waals surface area contributed by atoms with Crippen molar-refractivity contribution in [3.63, 3.8) is 0 Å². The Bertz CT molecular complexity index is 1870. The van der Waals surface area contributed by atoms with E-state index < -0.39 is 0 Å². The molecule has 0 radical (unpaired) electrons. The number of amides is 1. The van der Waals surface area contributed by atoms with Crippen molar-refractivity contribution in [3.05, 3.63) is 90.9 Å². The van der Waals surface area contributed by atoms with Crippen molar-refractivity contribution in [2.75, 3.05) is 69.0 Å². The van der Waals surface area contributed by atoms with Crippen LogP contribution < -0.4 is 24.6 Å². The molecule has 1 aromatic heterocycles. The number of piperazine rings is 1. The number of aryl methyl sites for hydroxylation is 1. The molecule has 1 saturated heterocycles. The summed E-state index contributed by atoms with van der Waals surface area (Å²) in [5.41, 5.74) is 6.06. The molecule has 10 nitrogen and oxygen atoms in total. The SMILES string of the molecule is C=CN(C)c1ccc(Oc2ccc(Nc3ncnc4cc5c(cc34)N3CCN(C(=O)/C=C/CN(C)C)CC3CO5)cc2C)cc1C(C)CC. The van der Waals surface area contributed by atoms with Crippen molar-refractivity contribution in [2.24, 2.45) is 0 Å². The average Bonchev–Trinajstić information content (AvgIpc) is 3.10. The van der Waals surface area contributed by atoms with E-state index in [4.69, 9.17) is 9.47 Å². The van der Waals surface area contributed by atoms with Crippen LogP contribution >= 0.6 is 0 Å². The number of nitrogens with one attached hydrogen (secondary N) is 1. The summed E-state index contributed by atoms with van der Waals surface area (Å²) in [5, 5.41) is 4.42. The Hall–Kier alpha value is -5.09. The van der Waals surface area contributed by atoms with Gasteiger partial charge in [0, 0.05) is 62.1 Å². The van der Waals surface area contributed by atoms with Crippen LogP contribution in [0, 0.1) is 6.92 Å². The highest BCUT2D eigenvalue weighted by atomic mass is 16.5. The molecule has 2 unspecified atom stereocenters.